The summed E-state index contributed by atoms with van der Waals surface area (Å²) >= 11 is 0. The molecule has 0 saturated carbocycles. The van der Waals surface area contributed by atoms with Gasteiger partial charge < -0.3 is 9.73 Å². The molecule has 2 rings (SSSR count). The number of halogens is 2. The van der Waals surface area contributed by atoms with Crippen molar-refractivity contribution < 1.29 is 18.0 Å². The first kappa shape index (κ1) is 15.2. The van der Waals surface area contributed by atoms with Crippen molar-refractivity contribution in [2.24, 2.45) is 0 Å². The number of hydrogen-bond donors (Lipinski definition) is 1. The lowest BCUT2D eigenvalue weighted by Crippen LogP contribution is -2.14. The first-order valence-electron chi connectivity index (χ1n) is 6.56. The van der Waals surface area contributed by atoms with Crippen LogP contribution in [0, 0.1) is 18.6 Å². The Morgan fingerprint density at radius 2 is 1.86 bits per heavy atom. The molecule has 21 heavy (non-hydrogen) atoms. The Kier molecular flexibility index (Phi) is 3.85. The summed E-state index contributed by atoms with van der Waals surface area (Å²) in [5.74, 6) is -0.873. The van der Waals surface area contributed by atoms with Crippen molar-refractivity contribution in [2.75, 3.05) is 5.32 Å². The molecule has 0 aliphatic heterocycles. The summed E-state index contributed by atoms with van der Waals surface area (Å²) in [4.78, 5) is 12.2. The summed E-state index contributed by atoms with van der Waals surface area (Å²) in [6.45, 7) is 7.57. The smallest absolute Gasteiger partial charge is 0.259 e. The molecule has 112 valence electrons. The molecule has 0 spiro atoms. The fraction of sp³-hybridized carbons (Fsp3) is 0.312. The van der Waals surface area contributed by atoms with Crippen LogP contribution in [0.2, 0.25) is 0 Å². The highest BCUT2D eigenvalue weighted by Gasteiger charge is 2.23. The Labute approximate surface area is 122 Å². The van der Waals surface area contributed by atoms with E-state index < -0.39 is 17.5 Å². The first-order chi connectivity index (χ1) is 9.68. The number of carbonyl (C=O) groups is 1. The Morgan fingerprint density at radius 3 is 2.38 bits per heavy atom. The molecule has 0 fully saturated rings. The third kappa shape index (κ3) is 3.29. The van der Waals surface area contributed by atoms with Gasteiger partial charge in [-0.2, -0.15) is 0 Å². The third-order valence-electron chi connectivity index (χ3n) is 3.08. The fourth-order valence-electron chi connectivity index (χ4n) is 1.86. The number of amides is 1. The Morgan fingerprint density at radius 1 is 1.19 bits per heavy atom. The molecule has 0 aliphatic rings. The molecule has 1 amide bonds. The molecular formula is C16H17F2NO2. The van der Waals surface area contributed by atoms with Gasteiger partial charge in [-0.15, -0.1) is 0 Å². The zero-order chi connectivity index (χ0) is 15.8. The van der Waals surface area contributed by atoms with Crippen LogP contribution in [-0.4, -0.2) is 5.91 Å². The first-order valence-corrected chi connectivity index (χ1v) is 6.56. The highest BCUT2D eigenvalue weighted by molar-refractivity contribution is 6.05. The average molecular weight is 293 g/mol. The molecule has 0 atom stereocenters. The van der Waals surface area contributed by atoms with Gasteiger partial charge in [-0.1, -0.05) is 20.8 Å². The van der Waals surface area contributed by atoms with Crippen LogP contribution in [0.1, 0.15) is 42.6 Å². The van der Waals surface area contributed by atoms with Crippen LogP contribution in [0.5, 0.6) is 0 Å². The van der Waals surface area contributed by atoms with E-state index in [4.69, 9.17) is 4.42 Å². The van der Waals surface area contributed by atoms with Gasteiger partial charge >= 0.3 is 0 Å². The summed E-state index contributed by atoms with van der Waals surface area (Å²) in [5.41, 5.74) is 0.0349. The molecule has 5 heteroatoms. The van der Waals surface area contributed by atoms with Crippen molar-refractivity contribution in [3.05, 3.63) is 53.0 Å². The second-order valence-electron chi connectivity index (χ2n) is 5.91. The quantitative estimate of drug-likeness (QED) is 0.890. The van der Waals surface area contributed by atoms with E-state index in [1.807, 2.05) is 20.8 Å². The largest absolute Gasteiger partial charge is 0.465 e. The standard InChI is InChI=1S/C16H17F2NO2/c1-9-11(8-14(21-9)16(2,3)4)15(20)19-13-6-5-10(17)7-12(13)18/h5-8H,1-4H3,(H,19,20). The van der Waals surface area contributed by atoms with E-state index in [0.717, 1.165) is 12.1 Å². The van der Waals surface area contributed by atoms with Gasteiger partial charge in [0.15, 0.2) is 0 Å². The van der Waals surface area contributed by atoms with Crippen molar-refractivity contribution in [1.82, 2.24) is 0 Å². The summed E-state index contributed by atoms with van der Waals surface area (Å²) in [5, 5.41) is 2.42. The summed E-state index contributed by atoms with van der Waals surface area (Å²) < 4.78 is 32.0. The Balaban J connectivity index is 2.27. The Bertz CT molecular complexity index is 684. The Hall–Kier alpha value is -2.17. The minimum absolute atomic E-state index is 0.0701. The molecular weight excluding hydrogens is 276 g/mol. The maximum absolute atomic E-state index is 13.5. The number of hydrogen-bond acceptors (Lipinski definition) is 2. The van der Waals surface area contributed by atoms with E-state index in [0.29, 0.717) is 17.1 Å². The third-order valence-corrected chi connectivity index (χ3v) is 3.08. The van der Waals surface area contributed by atoms with Gasteiger partial charge in [0.25, 0.3) is 5.91 Å². The van der Waals surface area contributed by atoms with Crippen molar-refractivity contribution in [3.8, 4) is 0 Å². The lowest BCUT2D eigenvalue weighted by molar-refractivity contribution is 0.102. The zero-order valence-corrected chi connectivity index (χ0v) is 12.4. The van der Waals surface area contributed by atoms with Gasteiger partial charge in [-0.25, -0.2) is 8.78 Å². The molecule has 1 aromatic carbocycles. The SMILES string of the molecule is Cc1oc(C(C)(C)C)cc1C(=O)Nc1ccc(F)cc1F. The monoisotopic (exact) mass is 293 g/mol. The van der Waals surface area contributed by atoms with E-state index in [1.54, 1.807) is 13.0 Å². The molecule has 1 aromatic heterocycles. The maximum atomic E-state index is 13.5. The molecule has 1 N–H and O–H groups in total. The molecule has 0 saturated heterocycles. The van der Waals surface area contributed by atoms with E-state index in [2.05, 4.69) is 5.32 Å². The second-order valence-corrected chi connectivity index (χ2v) is 5.91. The molecule has 0 bridgehead atoms. The average Bonchev–Trinajstić information content (AvgIpc) is 2.75. The number of anilines is 1. The van der Waals surface area contributed by atoms with Gasteiger partial charge in [0.2, 0.25) is 0 Å². The minimum Gasteiger partial charge on any atom is -0.465 e. The molecule has 2 aromatic rings. The van der Waals surface area contributed by atoms with Crippen LogP contribution in [0.4, 0.5) is 14.5 Å². The van der Waals surface area contributed by atoms with Crippen LogP contribution in [0.3, 0.4) is 0 Å². The van der Waals surface area contributed by atoms with Crippen molar-refractivity contribution in [1.29, 1.82) is 0 Å². The van der Waals surface area contributed by atoms with Gasteiger partial charge in [-0.05, 0) is 25.1 Å². The van der Waals surface area contributed by atoms with Crippen molar-refractivity contribution in [2.45, 2.75) is 33.1 Å². The zero-order valence-electron chi connectivity index (χ0n) is 12.4. The molecule has 0 radical (unpaired) electrons. The number of benzene rings is 1. The van der Waals surface area contributed by atoms with Gasteiger partial charge in [0.05, 0.1) is 11.3 Å². The number of aryl methyl sites for hydroxylation is 1. The van der Waals surface area contributed by atoms with Gasteiger partial charge in [-0.3, -0.25) is 4.79 Å². The predicted molar refractivity (Wildman–Crippen MR) is 76.5 cm³/mol. The van der Waals surface area contributed by atoms with Crippen LogP contribution in [0.15, 0.2) is 28.7 Å². The summed E-state index contributed by atoms with van der Waals surface area (Å²) in [6, 6.07) is 4.63. The summed E-state index contributed by atoms with van der Waals surface area (Å²) in [7, 11) is 0. The number of carbonyl (C=O) groups excluding carboxylic acids is 1. The fourth-order valence-corrected chi connectivity index (χ4v) is 1.86. The number of nitrogens with one attached hydrogen (secondary N) is 1. The van der Waals surface area contributed by atoms with Crippen LogP contribution >= 0.6 is 0 Å². The minimum atomic E-state index is -0.819. The molecule has 1 heterocycles. The predicted octanol–water partition coefficient (Wildman–Crippen LogP) is 4.42. The van der Waals surface area contributed by atoms with Crippen molar-refractivity contribution in [3.63, 3.8) is 0 Å². The molecule has 0 aliphatic carbocycles. The normalized spacial score (nSPS) is 11.5. The highest BCUT2D eigenvalue weighted by Crippen LogP contribution is 2.27. The van der Waals surface area contributed by atoms with Crippen LogP contribution < -0.4 is 5.32 Å². The second kappa shape index (κ2) is 5.31. The lowest BCUT2D eigenvalue weighted by atomic mass is 9.93. The highest BCUT2D eigenvalue weighted by atomic mass is 19.1. The van der Waals surface area contributed by atoms with Crippen molar-refractivity contribution >= 4 is 11.6 Å². The van der Waals surface area contributed by atoms with E-state index in [-0.39, 0.29) is 11.1 Å². The van der Waals surface area contributed by atoms with Gasteiger partial charge in [0, 0.05) is 11.5 Å². The maximum Gasteiger partial charge on any atom is 0.259 e. The van der Waals surface area contributed by atoms with Gasteiger partial charge in [0.1, 0.15) is 23.2 Å². The number of furan rings is 1. The number of rotatable bonds is 2. The van der Waals surface area contributed by atoms with E-state index >= 15 is 0 Å². The molecule has 0 unspecified atom stereocenters. The topological polar surface area (TPSA) is 42.2 Å². The van der Waals surface area contributed by atoms with Crippen LogP contribution in [-0.2, 0) is 5.41 Å². The lowest BCUT2D eigenvalue weighted by Gasteiger charge is -2.13. The van der Waals surface area contributed by atoms with E-state index in [1.165, 1.54) is 6.07 Å². The molecule has 3 nitrogen and oxygen atoms in total. The van der Waals surface area contributed by atoms with Crippen LogP contribution in [0.25, 0.3) is 0 Å². The van der Waals surface area contributed by atoms with E-state index in [9.17, 15) is 13.6 Å². The summed E-state index contributed by atoms with van der Waals surface area (Å²) in [6.07, 6.45) is 0.